The Morgan fingerprint density at radius 3 is 2.50 bits per heavy atom. The molecule has 2 nitrogen and oxygen atoms in total. The normalized spacial score (nSPS) is 37.3. The van der Waals surface area contributed by atoms with Crippen LogP contribution in [0, 0.1) is 5.92 Å². The van der Waals surface area contributed by atoms with Gasteiger partial charge in [-0.25, -0.2) is 0 Å². The Morgan fingerprint density at radius 2 is 1.79 bits per heavy atom. The van der Waals surface area contributed by atoms with Gasteiger partial charge in [-0.2, -0.15) is 0 Å². The average molecular weight is 195 g/mol. The zero-order chi connectivity index (χ0) is 9.43. The van der Waals surface area contributed by atoms with E-state index in [1.54, 1.807) is 0 Å². The molecule has 3 rings (SSSR count). The Kier molecular flexibility index (Phi) is 2.29. The van der Waals surface area contributed by atoms with Crippen LogP contribution in [0.1, 0.15) is 51.4 Å². The van der Waals surface area contributed by atoms with Crippen LogP contribution in [0.25, 0.3) is 0 Å². The van der Waals surface area contributed by atoms with Crippen LogP contribution >= 0.6 is 0 Å². The first kappa shape index (κ1) is 9.17. The first-order valence-corrected chi connectivity index (χ1v) is 6.31. The average Bonchev–Trinajstić information content (AvgIpc) is 3.02. The Bertz CT molecular complexity index is 201. The van der Waals surface area contributed by atoms with Crippen molar-refractivity contribution in [2.45, 2.75) is 63.2 Å². The summed E-state index contributed by atoms with van der Waals surface area (Å²) >= 11 is 0. The summed E-state index contributed by atoms with van der Waals surface area (Å²) < 4.78 is 6.33. The highest BCUT2D eigenvalue weighted by Gasteiger charge is 2.42. The molecule has 0 aromatic heterocycles. The summed E-state index contributed by atoms with van der Waals surface area (Å²) in [7, 11) is 0. The van der Waals surface area contributed by atoms with Crippen LogP contribution in [0.5, 0.6) is 0 Å². The molecule has 0 aromatic rings. The summed E-state index contributed by atoms with van der Waals surface area (Å²) in [6, 6.07) is 0. The lowest BCUT2D eigenvalue weighted by Crippen LogP contribution is -2.56. The quantitative estimate of drug-likeness (QED) is 0.694. The third-order valence-electron chi connectivity index (χ3n) is 4.06. The van der Waals surface area contributed by atoms with Gasteiger partial charge in [0, 0.05) is 6.54 Å². The fourth-order valence-corrected chi connectivity index (χ4v) is 3.05. The number of nitrogens with one attached hydrogen (secondary N) is 1. The van der Waals surface area contributed by atoms with Crippen LogP contribution in [0.3, 0.4) is 0 Å². The summed E-state index contributed by atoms with van der Waals surface area (Å²) in [5.41, 5.74) is 0.101. The van der Waals surface area contributed by atoms with Crippen LogP contribution < -0.4 is 5.32 Å². The number of rotatable bonds is 1. The van der Waals surface area contributed by atoms with Gasteiger partial charge < -0.3 is 4.74 Å². The maximum Gasteiger partial charge on any atom is 0.119 e. The lowest BCUT2D eigenvalue weighted by atomic mass is 9.89. The van der Waals surface area contributed by atoms with Gasteiger partial charge in [0.2, 0.25) is 0 Å². The van der Waals surface area contributed by atoms with E-state index in [0.29, 0.717) is 6.10 Å². The third kappa shape index (κ3) is 1.70. The second kappa shape index (κ2) is 3.49. The summed E-state index contributed by atoms with van der Waals surface area (Å²) in [5.74, 6) is 0.913. The first-order chi connectivity index (χ1) is 6.88. The van der Waals surface area contributed by atoms with E-state index < -0.39 is 0 Å². The summed E-state index contributed by atoms with van der Waals surface area (Å²) in [6.07, 6.45) is 11.3. The fourth-order valence-electron chi connectivity index (χ4n) is 3.05. The minimum atomic E-state index is 0.101. The molecule has 3 fully saturated rings. The minimum absolute atomic E-state index is 0.101. The van der Waals surface area contributed by atoms with E-state index in [1.807, 2.05) is 0 Å². The van der Waals surface area contributed by atoms with Gasteiger partial charge >= 0.3 is 0 Å². The van der Waals surface area contributed by atoms with Gasteiger partial charge in [-0.15, -0.1) is 0 Å². The third-order valence-corrected chi connectivity index (χ3v) is 4.06. The van der Waals surface area contributed by atoms with Crippen molar-refractivity contribution in [1.29, 1.82) is 0 Å². The van der Waals surface area contributed by atoms with Gasteiger partial charge in [0.05, 0.1) is 6.10 Å². The van der Waals surface area contributed by atoms with Crippen LogP contribution in [-0.4, -0.2) is 18.4 Å². The van der Waals surface area contributed by atoms with E-state index in [4.69, 9.17) is 4.74 Å². The highest BCUT2D eigenvalue weighted by molar-refractivity contribution is 4.92. The highest BCUT2D eigenvalue weighted by Crippen LogP contribution is 2.41. The fraction of sp³-hybridized carbons (Fsp3) is 1.00. The first-order valence-electron chi connectivity index (χ1n) is 6.31. The summed E-state index contributed by atoms with van der Waals surface area (Å²) in [4.78, 5) is 0. The molecule has 0 aromatic carbocycles. The smallest absolute Gasteiger partial charge is 0.119 e. The molecular formula is C12H21NO. The number of hydrogen-bond acceptors (Lipinski definition) is 2. The molecule has 2 saturated carbocycles. The van der Waals surface area contributed by atoms with Crippen LogP contribution in [-0.2, 0) is 4.74 Å². The molecule has 1 N–H and O–H groups in total. The van der Waals surface area contributed by atoms with Crippen molar-refractivity contribution >= 4 is 0 Å². The maximum absolute atomic E-state index is 6.33. The molecule has 1 atom stereocenters. The molecule has 1 aliphatic heterocycles. The summed E-state index contributed by atoms with van der Waals surface area (Å²) in [6.45, 7) is 1.18. The highest BCUT2D eigenvalue weighted by atomic mass is 16.5. The molecule has 1 heterocycles. The van der Waals surface area contributed by atoms with Crippen LogP contribution in [0.4, 0.5) is 0 Å². The van der Waals surface area contributed by atoms with Crippen molar-refractivity contribution in [2.75, 3.05) is 6.54 Å². The van der Waals surface area contributed by atoms with Crippen molar-refractivity contribution in [3.63, 3.8) is 0 Å². The van der Waals surface area contributed by atoms with E-state index >= 15 is 0 Å². The largest absolute Gasteiger partial charge is 0.357 e. The molecule has 0 amide bonds. The van der Waals surface area contributed by atoms with Crippen molar-refractivity contribution < 1.29 is 4.74 Å². The van der Waals surface area contributed by atoms with Gasteiger partial charge in [-0.1, -0.05) is 6.42 Å². The number of hydrogen-bond donors (Lipinski definition) is 1. The summed E-state index contributed by atoms with van der Waals surface area (Å²) in [5, 5.41) is 3.62. The SMILES string of the molecule is C1CCC2(CC1)NCCC(C1CC1)O2. The molecule has 1 unspecified atom stereocenters. The Labute approximate surface area is 86.4 Å². The Hall–Kier alpha value is -0.0800. The van der Waals surface area contributed by atoms with E-state index in [9.17, 15) is 0 Å². The van der Waals surface area contributed by atoms with E-state index in [-0.39, 0.29) is 5.72 Å². The molecule has 80 valence electrons. The molecule has 0 bridgehead atoms. The van der Waals surface area contributed by atoms with Gasteiger partial charge in [0.25, 0.3) is 0 Å². The second-order valence-corrected chi connectivity index (χ2v) is 5.26. The minimum Gasteiger partial charge on any atom is -0.357 e. The molecule has 2 aliphatic carbocycles. The second-order valence-electron chi connectivity index (χ2n) is 5.26. The molecule has 3 aliphatic rings. The van der Waals surface area contributed by atoms with E-state index in [2.05, 4.69) is 5.32 Å². The Morgan fingerprint density at radius 1 is 1.00 bits per heavy atom. The lowest BCUT2D eigenvalue weighted by Gasteiger charge is -2.44. The molecule has 0 radical (unpaired) electrons. The van der Waals surface area contributed by atoms with E-state index in [1.165, 1.54) is 57.9 Å². The molecule has 1 spiro atoms. The van der Waals surface area contributed by atoms with Gasteiger partial charge in [0.15, 0.2) is 0 Å². The van der Waals surface area contributed by atoms with Gasteiger partial charge in [0.1, 0.15) is 5.72 Å². The van der Waals surface area contributed by atoms with Crippen molar-refractivity contribution in [2.24, 2.45) is 5.92 Å². The van der Waals surface area contributed by atoms with Crippen molar-refractivity contribution in [1.82, 2.24) is 5.32 Å². The molecular weight excluding hydrogens is 174 g/mol. The predicted molar refractivity (Wildman–Crippen MR) is 56.0 cm³/mol. The maximum atomic E-state index is 6.33. The number of ether oxygens (including phenoxy) is 1. The monoisotopic (exact) mass is 195 g/mol. The van der Waals surface area contributed by atoms with Gasteiger partial charge in [-0.05, 0) is 50.9 Å². The topological polar surface area (TPSA) is 21.3 Å². The standard InChI is InChI=1S/C12H21NO/c1-2-7-12(8-3-1)13-9-6-11(14-12)10-4-5-10/h10-11,13H,1-9H2. The molecule has 14 heavy (non-hydrogen) atoms. The Balaban J connectivity index is 1.66. The zero-order valence-electron chi connectivity index (χ0n) is 8.93. The van der Waals surface area contributed by atoms with Gasteiger partial charge in [-0.3, -0.25) is 5.32 Å². The van der Waals surface area contributed by atoms with Crippen LogP contribution in [0.15, 0.2) is 0 Å². The molecule has 2 heteroatoms. The lowest BCUT2D eigenvalue weighted by molar-refractivity contribution is -0.165. The van der Waals surface area contributed by atoms with Crippen molar-refractivity contribution in [3.05, 3.63) is 0 Å². The predicted octanol–water partition coefficient (Wildman–Crippen LogP) is 2.44. The zero-order valence-corrected chi connectivity index (χ0v) is 8.93. The molecule has 1 saturated heterocycles. The van der Waals surface area contributed by atoms with E-state index in [0.717, 1.165) is 5.92 Å². The van der Waals surface area contributed by atoms with Crippen molar-refractivity contribution in [3.8, 4) is 0 Å². The van der Waals surface area contributed by atoms with Crippen LogP contribution in [0.2, 0.25) is 0 Å².